The van der Waals surface area contributed by atoms with E-state index in [2.05, 4.69) is 12.2 Å². The summed E-state index contributed by atoms with van der Waals surface area (Å²) in [6.45, 7) is 5.21. The van der Waals surface area contributed by atoms with Gasteiger partial charge in [-0.1, -0.05) is 24.6 Å². The van der Waals surface area contributed by atoms with E-state index in [9.17, 15) is 8.42 Å². The van der Waals surface area contributed by atoms with Crippen LogP contribution < -0.4 is 5.32 Å². The van der Waals surface area contributed by atoms with E-state index < -0.39 is 10.0 Å². The van der Waals surface area contributed by atoms with Gasteiger partial charge in [0.1, 0.15) is 4.90 Å². The Bertz CT molecular complexity index is 589. The lowest BCUT2D eigenvalue weighted by Crippen LogP contribution is -2.34. The van der Waals surface area contributed by atoms with E-state index in [0.717, 1.165) is 12.0 Å². The zero-order chi connectivity index (χ0) is 14.9. The third kappa shape index (κ3) is 3.01. The number of benzene rings is 1. The first-order valence-corrected chi connectivity index (χ1v) is 8.63. The van der Waals surface area contributed by atoms with Gasteiger partial charge in [0.05, 0.1) is 5.02 Å². The second kappa shape index (κ2) is 6.02. The predicted octanol–water partition coefficient (Wildman–Crippen LogP) is 2.48. The number of nitrogens with one attached hydrogen (secondary N) is 1. The van der Waals surface area contributed by atoms with Gasteiger partial charge in [-0.3, -0.25) is 0 Å². The number of sulfonamides is 1. The largest absolute Gasteiger partial charge is 0.316 e. The Labute approximate surface area is 126 Å². The van der Waals surface area contributed by atoms with Crippen molar-refractivity contribution in [1.82, 2.24) is 9.62 Å². The molecule has 2 unspecified atom stereocenters. The second-order valence-corrected chi connectivity index (χ2v) is 7.83. The van der Waals surface area contributed by atoms with E-state index >= 15 is 0 Å². The van der Waals surface area contributed by atoms with Crippen LogP contribution in [0.4, 0.5) is 0 Å². The maximum atomic E-state index is 12.8. The Hall–Kier alpha value is -0.620. The molecule has 0 radical (unpaired) electrons. The van der Waals surface area contributed by atoms with Crippen LogP contribution in [-0.2, 0) is 16.6 Å². The van der Waals surface area contributed by atoms with Crippen molar-refractivity contribution in [1.29, 1.82) is 0 Å². The zero-order valence-corrected chi connectivity index (χ0v) is 13.6. The fourth-order valence-electron chi connectivity index (χ4n) is 2.78. The summed E-state index contributed by atoms with van der Waals surface area (Å²) in [7, 11) is -1.69. The molecule has 0 saturated carbocycles. The Morgan fingerprint density at radius 3 is 2.65 bits per heavy atom. The Morgan fingerprint density at radius 2 is 2.10 bits per heavy atom. The summed E-state index contributed by atoms with van der Waals surface area (Å²) in [5, 5.41) is 3.30. The van der Waals surface area contributed by atoms with E-state index in [4.69, 9.17) is 11.6 Å². The quantitative estimate of drug-likeness (QED) is 0.928. The molecule has 112 valence electrons. The minimum atomic E-state index is -3.52. The molecule has 1 fully saturated rings. The lowest BCUT2D eigenvalue weighted by molar-refractivity contribution is 0.405. The van der Waals surface area contributed by atoms with Crippen LogP contribution >= 0.6 is 11.6 Å². The minimum Gasteiger partial charge on any atom is -0.316 e. The van der Waals surface area contributed by atoms with Crippen LogP contribution in [0.15, 0.2) is 23.1 Å². The lowest BCUT2D eigenvalue weighted by Gasteiger charge is -2.22. The first kappa shape index (κ1) is 15.8. The van der Waals surface area contributed by atoms with Gasteiger partial charge in [0.25, 0.3) is 0 Å². The minimum absolute atomic E-state index is 0.0269. The maximum Gasteiger partial charge on any atom is 0.244 e. The van der Waals surface area contributed by atoms with Gasteiger partial charge in [-0.15, -0.1) is 0 Å². The highest BCUT2D eigenvalue weighted by atomic mass is 35.5. The Kier molecular flexibility index (Phi) is 4.74. The van der Waals surface area contributed by atoms with Crippen LogP contribution in [0.2, 0.25) is 5.02 Å². The van der Waals surface area contributed by atoms with E-state index in [-0.39, 0.29) is 16.0 Å². The van der Waals surface area contributed by atoms with Gasteiger partial charge in [0.2, 0.25) is 10.0 Å². The van der Waals surface area contributed by atoms with Crippen molar-refractivity contribution in [3.05, 3.63) is 28.8 Å². The van der Waals surface area contributed by atoms with Crippen LogP contribution in [-0.4, -0.2) is 32.4 Å². The predicted molar refractivity (Wildman–Crippen MR) is 81.4 cm³/mol. The van der Waals surface area contributed by atoms with Crippen LogP contribution in [0.3, 0.4) is 0 Å². The first-order chi connectivity index (χ1) is 9.36. The highest BCUT2D eigenvalue weighted by Gasteiger charge is 2.37. The van der Waals surface area contributed by atoms with E-state index in [1.54, 1.807) is 16.4 Å². The summed E-state index contributed by atoms with van der Waals surface area (Å²) in [6.07, 6.45) is 0.896. The highest BCUT2D eigenvalue weighted by molar-refractivity contribution is 7.89. The summed E-state index contributed by atoms with van der Waals surface area (Å²) in [4.78, 5) is 0.216. The monoisotopic (exact) mass is 316 g/mol. The standard InChI is InChI=1S/C14H21ClN2O2S/c1-10-6-11(2)17(9-10)20(18,19)14-7-12(8-16-3)4-5-13(14)15/h4-5,7,10-11,16H,6,8-9H2,1-3H3. The number of halogens is 1. The molecule has 1 aromatic carbocycles. The van der Waals surface area contributed by atoms with Gasteiger partial charge in [-0.05, 0) is 44.0 Å². The molecule has 1 aromatic rings. The molecule has 2 rings (SSSR count). The molecule has 1 aliphatic rings. The van der Waals surface area contributed by atoms with Gasteiger partial charge in [0.15, 0.2) is 0 Å². The first-order valence-electron chi connectivity index (χ1n) is 6.81. The number of hydrogen-bond donors (Lipinski definition) is 1. The van der Waals surface area contributed by atoms with Crippen molar-refractivity contribution < 1.29 is 8.42 Å². The fraction of sp³-hybridized carbons (Fsp3) is 0.571. The van der Waals surface area contributed by atoms with Crippen molar-refractivity contribution in [3.8, 4) is 0 Å². The molecular weight excluding hydrogens is 296 g/mol. The van der Waals surface area contributed by atoms with Gasteiger partial charge in [-0.2, -0.15) is 4.31 Å². The topological polar surface area (TPSA) is 49.4 Å². The summed E-state index contributed by atoms with van der Waals surface area (Å²) < 4.78 is 27.1. The van der Waals surface area contributed by atoms with E-state index in [1.807, 2.05) is 20.0 Å². The molecule has 0 aromatic heterocycles. The van der Waals surface area contributed by atoms with Crippen LogP contribution in [0.5, 0.6) is 0 Å². The van der Waals surface area contributed by atoms with Gasteiger partial charge in [-0.25, -0.2) is 8.42 Å². The van der Waals surface area contributed by atoms with Gasteiger partial charge in [0, 0.05) is 19.1 Å². The Balaban J connectivity index is 2.41. The molecule has 1 aliphatic heterocycles. The van der Waals surface area contributed by atoms with Crippen molar-refractivity contribution in [2.75, 3.05) is 13.6 Å². The molecule has 1 saturated heterocycles. The van der Waals surface area contributed by atoms with Crippen LogP contribution in [0, 0.1) is 5.92 Å². The SMILES string of the molecule is CNCc1ccc(Cl)c(S(=O)(=O)N2CC(C)CC2C)c1. The highest BCUT2D eigenvalue weighted by Crippen LogP contribution is 2.32. The summed E-state index contributed by atoms with van der Waals surface area (Å²) >= 11 is 6.12. The summed E-state index contributed by atoms with van der Waals surface area (Å²) in [5.41, 5.74) is 0.912. The smallest absolute Gasteiger partial charge is 0.244 e. The molecule has 0 bridgehead atoms. The molecule has 0 spiro atoms. The van der Waals surface area contributed by atoms with Crippen LogP contribution in [0.25, 0.3) is 0 Å². The molecule has 20 heavy (non-hydrogen) atoms. The van der Waals surface area contributed by atoms with E-state index in [1.165, 1.54) is 0 Å². The number of rotatable bonds is 4. The average molecular weight is 317 g/mol. The van der Waals surface area contributed by atoms with Crippen LogP contribution in [0.1, 0.15) is 25.8 Å². The normalized spacial score (nSPS) is 24.2. The molecule has 1 heterocycles. The maximum absolute atomic E-state index is 12.8. The lowest BCUT2D eigenvalue weighted by atomic mass is 10.1. The van der Waals surface area contributed by atoms with E-state index in [0.29, 0.717) is 19.0 Å². The molecule has 0 amide bonds. The molecular formula is C14H21ClN2O2S. The summed E-state index contributed by atoms with van der Waals surface area (Å²) in [5.74, 6) is 0.388. The van der Waals surface area contributed by atoms with Crippen molar-refractivity contribution in [2.24, 2.45) is 5.92 Å². The third-order valence-corrected chi connectivity index (χ3v) is 6.15. The summed E-state index contributed by atoms with van der Waals surface area (Å²) in [6, 6.07) is 5.20. The average Bonchev–Trinajstić information content (AvgIpc) is 2.72. The molecule has 6 heteroatoms. The van der Waals surface area contributed by atoms with Crippen molar-refractivity contribution in [3.63, 3.8) is 0 Å². The zero-order valence-electron chi connectivity index (χ0n) is 12.1. The van der Waals surface area contributed by atoms with Gasteiger partial charge >= 0.3 is 0 Å². The Morgan fingerprint density at radius 1 is 1.40 bits per heavy atom. The molecule has 1 N–H and O–H groups in total. The fourth-order valence-corrected chi connectivity index (χ4v) is 5.07. The molecule has 0 aliphatic carbocycles. The third-order valence-electron chi connectivity index (χ3n) is 3.69. The molecule has 2 atom stereocenters. The number of nitrogens with zero attached hydrogens (tertiary/aromatic N) is 1. The molecule has 4 nitrogen and oxygen atoms in total. The second-order valence-electron chi connectivity index (χ2n) is 5.56. The van der Waals surface area contributed by atoms with Crippen molar-refractivity contribution in [2.45, 2.75) is 37.8 Å². The number of hydrogen-bond acceptors (Lipinski definition) is 3. The van der Waals surface area contributed by atoms with Crippen molar-refractivity contribution >= 4 is 21.6 Å². The van der Waals surface area contributed by atoms with Gasteiger partial charge < -0.3 is 5.32 Å².